The summed E-state index contributed by atoms with van der Waals surface area (Å²) in [4.78, 5) is 0. The van der Waals surface area contributed by atoms with Crippen molar-refractivity contribution >= 4 is 11.8 Å². The molecule has 118 valence electrons. The van der Waals surface area contributed by atoms with E-state index in [2.05, 4.69) is 77.3 Å². The predicted molar refractivity (Wildman–Crippen MR) is 95.6 cm³/mol. The molecular formula is C19H21N3S. The highest BCUT2D eigenvalue weighted by Gasteiger charge is 2.09. The van der Waals surface area contributed by atoms with Crippen molar-refractivity contribution in [2.45, 2.75) is 30.7 Å². The Morgan fingerprint density at radius 3 is 2.35 bits per heavy atom. The van der Waals surface area contributed by atoms with E-state index in [1.165, 1.54) is 16.7 Å². The van der Waals surface area contributed by atoms with Crippen LogP contribution in [0.25, 0.3) is 0 Å². The van der Waals surface area contributed by atoms with Crippen molar-refractivity contribution in [2.75, 3.05) is 0 Å². The number of aryl methyl sites for hydroxylation is 3. The Morgan fingerprint density at radius 1 is 0.870 bits per heavy atom. The van der Waals surface area contributed by atoms with Crippen LogP contribution >= 0.6 is 11.8 Å². The van der Waals surface area contributed by atoms with Gasteiger partial charge in [0.05, 0.1) is 0 Å². The van der Waals surface area contributed by atoms with E-state index in [9.17, 15) is 0 Å². The zero-order valence-corrected chi connectivity index (χ0v) is 14.4. The SMILES string of the molecule is Cc1ccc(CSc2nnc(CCc3ccccc3)n2C)cc1. The molecule has 0 saturated carbocycles. The van der Waals surface area contributed by atoms with Crippen LogP contribution < -0.4 is 0 Å². The molecule has 0 unspecified atom stereocenters. The van der Waals surface area contributed by atoms with E-state index in [1.807, 2.05) is 6.07 Å². The van der Waals surface area contributed by atoms with Crippen molar-refractivity contribution in [1.82, 2.24) is 14.8 Å². The van der Waals surface area contributed by atoms with Gasteiger partial charge in [0, 0.05) is 19.2 Å². The first kappa shape index (κ1) is 15.8. The molecule has 0 saturated heterocycles. The summed E-state index contributed by atoms with van der Waals surface area (Å²) in [6, 6.07) is 19.2. The van der Waals surface area contributed by atoms with Crippen molar-refractivity contribution in [2.24, 2.45) is 7.05 Å². The maximum Gasteiger partial charge on any atom is 0.191 e. The van der Waals surface area contributed by atoms with Gasteiger partial charge in [0.15, 0.2) is 5.16 Å². The van der Waals surface area contributed by atoms with Gasteiger partial charge in [-0.15, -0.1) is 10.2 Å². The first-order valence-corrected chi connectivity index (χ1v) is 8.81. The van der Waals surface area contributed by atoms with Crippen molar-refractivity contribution in [3.63, 3.8) is 0 Å². The van der Waals surface area contributed by atoms with Gasteiger partial charge in [-0.2, -0.15) is 0 Å². The van der Waals surface area contributed by atoms with E-state index in [1.54, 1.807) is 11.8 Å². The largest absolute Gasteiger partial charge is 0.309 e. The zero-order valence-electron chi connectivity index (χ0n) is 13.6. The quantitative estimate of drug-likeness (QED) is 0.637. The highest BCUT2D eigenvalue weighted by molar-refractivity contribution is 7.98. The molecule has 3 aromatic rings. The van der Waals surface area contributed by atoms with Crippen LogP contribution in [0.5, 0.6) is 0 Å². The summed E-state index contributed by atoms with van der Waals surface area (Å²) in [5.41, 5.74) is 3.94. The molecular weight excluding hydrogens is 302 g/mol. The van der Waals surface area contributed by atoms with E-state index in [0.717, 1.165) is 29.6 Å². The number of nitrogens with zero attached hydrogens (tertiary/aromatic N) is 3. The van der Waals surface area contributed by atoms with Crippen LogP contribution in [0, 0.1) is 6.92 Å². The van der Waals surface area contributed by atoms with Crippen molar-refractivity contribution < 1.29 is 0 Å². The molecule has 3 rings (SSSR count). The summed E-state index contributed by atoms with van der Waals surface area (Å²) in [5, 5.41) is 9.67. The van der Waals surface area contributed by atoms with E-state index >= 15 is 0 Å². The lowest BCUT2D eigenvalue weighted by atomic mass is 10.1. The fraction of sp³-hybridized carbons (Fsp3) is 0.263. The lowest BCUT2D eigenvalue weighted by Gasteiger charge is -2.05. The van der Waals surface area contributed by atoms with Gasteiger partial charge >= 0.3 is 0 Å². The number of thioether (sulfide) groups is 1. The van der Waals surface area contributed by atoms with Crippen LogP contribution in [0.3, 0.4) is 0 Å². The Hall–Kier alpha value is -2.07. The molecule has 0 aliphatic carbocycles. The zero-order chi connectivity index (χ0) is 16.1. The van der Waals surface area contributed by atoms with E-state index in [-0.39, 0.29) is 0 Å². The Morgan fingerprint density at radius 2 is 1.61 bits per heavy atom. The molecule has 0 N–H and O–H groups in total. The fourth-order valence-corrected chi connectivity index (χ4v) is 3.31. The molecule has 1 aromatic heterocycles. The normalized spacial score (nSPS) is 10.9. The minimum absolute atomic E-state index is 0.915. The average Bonchev–Trinajstić information content (AvgIpc) is 2.93. The maximum absolute atomic E-state index is 4.35. The second-order valence-corrected chi connectivity index (χ2v) is 6.66. The summed E-state index contributed by atoms with van der Waals surface area (Å²) in [5.74, 6) is 1.96. The summed E-state index contributed by atoms with van der Waals surface area (Å²) >= 11 is 1.74. The Labute approximate surface area is 141 Å². The van der Waals surface area contributed by atoms with Crippen molar-refractivity contribution in [3.8, 4) is 0 Å². The van der Waals surface area contributed by atoms with Gasteiger partial charge in [-0.1, -0.05) is 71.9 Å². The van der Waals surface area contributed by atoms with Crippen LogP contribution in [0.15, 0.2) is 59.8 Å². The number of hydrogen-bond donors (Lipinski definition) is 0. The third-order valence-corrected chi connectivity index (χ3v) is 4.99. The van der Waals surface area contributed by atoms with Gasteiger partial charge in [-0.3, -0.25) is 0 Å². The number of rotatable bonds is 6. The summed E-state index contributed by atoms with van der Waals surface area (Å²) in [6.45, 7) is 2.11. The van der Waals surface area contributed by atoms with Gasteiger partial charge in [-0.25, -0.2) is 0 Å². The smallest absolute Gasteiger partial charge is 0.191 e. The minimum atomic E-state index is 0.915. The molecule has 0 radical (unpaired) electrons. The molecule has 0 bridgehead atoms. The summed E-state index contributed by atoms with van der Waals surface area (Å²) in [6.07, 6.45) is 1.91. The van der Waals surface area contributed by atoms with Crippen LogP contribution in [-0.4, -0.2) is 14.8 Å². The van der Waals surface area contributed by atoms with Gasteiger partial charge in [-0.05, 0) is 24.5 Å². The van der Waals surface area contributed by atoms with Crippen LogP contribution in [0.1, 0.15) is 22.5 Å². The number of aromatic nitrogens is 3. The molecule has 23 heavy (non-hydrogen) atoms. The highest BCUT2D eigenvalue weighted by atomic mass is 32.2. The predicted octanol–water partition coefficient (Wildman–Crippen LogP) is 4.20. The highest BCUT2D eigenvalue weighted by Crippen LogP contribution is 2.21. The minimum Gasteiger partial charge on any atom is -0.309 e. The third kappa shape index (κ3) is 4.23. The van der Waals surface area contributed by atoms with E-state index in [0.29, 0.717) is 0 Å². The average molecular weight is 323 g/mol. The first-order valence-electron chi connectivity index (χ1n) is 7.83. The van der Waals surface area contributed by atoms with Crippen LogP contribution in [0.4, 0.5) is 0 Å². The molecule has 2 aromatic carbocycles. The Kier molecular flexibility index (Phi) is 5.13. The van der Waals surface area contributed by atoms with Crippen LogP contribution in [-0.2, 0) is 25.6 Å². The second-order valence-electron chi connectivity index (χ2n) is 5.72. The number of benzene rings is 2. The molecule has 0 spiro atoms. The summed E-state index contributed by atoms with van der Waals surface area (Å²) in [7, 11) is 2.05. The molecule has 0 aliphatic rings. The fourth-order valence-electron chi connectivity index (χ4n) is 2.42. The van der Waals surface area contributed by atoms with E-state index < -0.39 is 0 Å². The third-order valence-electron chi connectivity index (χ3n) is 3.89. The Balaban J connectivity index is 1.59. The molecule has 3 nitrogen and oxygen atoms in total. The first-order chi connectivity index (χ1) is 11.2. The lowest BCUT2D eigenvalue weighted by molar-refractivity contribution is 0.723. The van der Waals surface area contributed by atoms with Crippen molar-refractivity contribution in [3.05, 3.63) is 77.1 Å². The summed E-state index contributed by atoms with van der Waals surface area (Å²) < 4.78 is 2.11. The maximum atomic E-state index is 4.35. The van der Waals surface area contributed by atoms with Gasteiger partial charge < -0.3 is 4.57 Å². The second kappa shape index (κ2) is 7.47. The van der Waals surface area contributed by atoms with E-state index in [4.69, 9.17) is 0 Å². The molecule has 0 amide bonds. The van der Waals surface area contributed by atoms with Gasteiger partial charge in [0.25, 0.3) is 0 Å². The monoisotopic (exact) mass is 323 g/mol. The van der Waals surface area contributed by atoms with Crippen LogP contribution in [0.2, 0.25) is 0 Å². The number of hydrogen-bond acceptors (Lipinski definition) is 3. The van der Waals surface area contributed by atoms with Gasteiger partial charge in [0.2, 0.25) is 0 Å². The molecule has 1 heterocycles. The topological polar surface area (TPSA) is 30.7 Å². The standard InChI is InChI=1S/C19H21N3S/c1-15-8-10-17(11-9-15)14-23-19-21-20-18(22(19)2)13-12-16-6-4-3-5-7-16/h3-11H,12-14H2,1-2H3. The molecule has 4 heteroatoms. The molecule has 0 fully saturated rings. The molecule has 0 aliphatic heterocycles. The van der Waals surface area contributed by atoms with Crippen molar-refractivity contribution in [1.29, 1.82) is 0 Å². The van der Waals surface area contributed by atoms with Gasteiger partial charge in [0.1, 0.15) is 5.82 Å². The molecule has 0 atom stereocenters. The Bertz CT molecular complexity index is 748. The lowest BCUT2D eigenvalue weighted by Crippen LogP contribution is -2.01.